The van der Waals surface area contributed by atoms with Gasteiger partial charge in [0.05, 0.1) is 0 Å². The van der Waals surface area contributed by atoms with Gasteiger partial charge in [-0.15, -0.1) is 0 Å². The van der Waals surface area contributed by atoms with E-state index in [0.29, 0.717) is 5.92 Å². The Morgan fingerprint density at radius 2 is 2.10 bits per heavy atom. The third kappa shape index (κ3) is 5.29. The van der Waals surface area contributed by atoms with Crippen LogP contribution in [0, 0.1) is 5.92 Å². The molecule has 2 heterocycles. The lowest BCUT2D eigenvalue weighted by molar-refractivity contribution is 0.566. The van der Waals surface area contributed by atoms with E-state index in [1.165, 1.54) is 6.42 Å². The smallest absolute Gasteiger partial charge is 0.161 e. The first-order chi connectivity index (χ1) is 15.0. The number of hydrogen-bond donors (Lipinski definition) is 0. The summed E-state index contributed by atoms with van der Waals surface area (Å²) in [6, 6.07) is 8.34. The first-order valence-corrected chi connectivity index (χ1v) is 10.8. The molecule has 1 aliphatic rings. The Balaban J connectivity index is 2.09. The van der Waals surface area contributed by atoms with Gasteiger partial charge in [0.2, 0.25) is 0 Å². The molecule has 2 aromatic rings. The number of nitrogens with zero attached hydrogens (tertiary/aromatic N) is 5. The van der Waals surface area contributed by atoms with E-state index in [1.807, 2.05) is 50.5 Å². The Bertz CT molecular complexity index is 1020. The van der Waals surface area contributed by atoms with Crippen LogP contribution >= 0.6 is 0 Å². The average Bonchev–Trinajstić information content (AvgIpc) is 3.21. The van der Waals surface area contributed by atoms with Crippen molar-refractivity contribution in [3.63, 3.8) is 0 Å². The lowest BCUT2D eigenvalue weighted by atomic mass is 10.0. The summed E-state index contributed by atoms with van der Waals surface area (Å²) in [4.78, 5) is 18.4. The van der Waals surface area contributed by atoms with Crippen LogP contribution in [0.4, 0.5) is 5.82 Å². The summed E-state index contributed by atoms with van der Waals surface area (Å²) < 4.78 is 0. The molecule has 5 heteroatoms. The van der Waals surface area contributed by atoms with Crippen LogP contribution in [0.5, 0.6) is 0 Å². The fraction of sp³-hybridized carbons (Fsp3) is 0.346. The maximum atomic E-state index is 5.05. The predicted octanol–water partition coefficient (Wildman–Crippen LogP) is 5.18. The number of anilines is 1. The van der Waals surface area contributed by atoms with E-state index < -0.39 is 0 Å². The van der Waals surface area contributed by atoms with Crippen LogP contribution in [-0.4, -0.2) is 55.3 Å². The molecule has 1 aromatic carbocycles. The summed E-state index contributed by atoms with van der Waals surface area (Å²) in [7, 11) is 5.81. The molecule has 0 aliphatic carbocycles. The Morgan fingerprint density at radius 1 is 1.29 bits per heavy atom. The molecule has 1 saturated heterocycles. The van der Waals surface area contributed by atoms with Crippen LogP contribution in [0.1, 0.15) is 31.4 Å². The summed E-state index contributed by atoms with van der Waals surface area (Å²) >= 11 is 0. The van der Waals surface area contributed by atoms with E-state index in [1.54, 1.807) is 7.05 Å². The van der Waals surface area contributed by atoms with Gasteiger partial charge in [0.1, 0.15) is 5.82 Å². The molecule has 162 valence electrons. The summed E-state index contributed by atoms with van der Waals surface area (Å²) in [6.45, 7) is 10.3. The van der Waals surface area contributed by atoms with Gasteiger partial charge in [-0.3, -0.25) is 4.99 Å². The molecule has 1 atom stereocenters. The second-order valence-corrected chi connectivity index (χ2v) is 8.24. The van der Waals surface area contributed by atoms with E-state index in [2.05, 4.69) is 53.9 Å². The van der Waals surface area contributed by atoms with E-state index in [0.717, 1.165) is 52.6 Å². The van der Waals surface area contributed by atoms with Gasteiger partial charge < -0.3 is 9.80 Å². The Morgan fingerprint density at radius 3 is 2.71 bits per heavy atom. The van der Waals surface area contributed by atoms with Crippen LogP contribution in [-0.2, 0) is 0 Å². The summed E-state index contributed by atoms with van der Waals surface area (Å²) in [6.07, 6.45) is 11.0. The lowest BCUT2D eigenvalue weighted by Crippen LogP contribution is -2.22. The molecule has 0 radical (unpaired) electrons. The van der Waals surface area contributed by atoms with Crippen molar-refractivity contribution in [2.45, 2.75) is 20.3 Å². The number of hydrogen-bond acceptors (Lipinski definition) is 5. The van der Waals surface area contributed by atoms with E-state index >= 15 is 0 Å². The number of aliphatic imine (C=N–C) groups is 1. The maximum absolute atomic E-state index is 5.05. The molecule has 31 heavy (non-hydrogen) atoms. The fourth-order valence-corrected chi connectivity index (χ4v) is 3.88. The quantitative estimate of drug-likeness (QED) is 0.462. The SMILES string of the molecule is C=C/C(=C\N(C)C)c1cccc(-c2ncc(C(/C=N\C)=C/C)c(N3CCC(C)C3)n2)c1. The number of allylic oxidation sites excluding steroid dienone is 4. The van der Waals surface area contributed by atoms with Gasteiger partial charge in [-0.25, -0.2) is 9.97 Å². The van der Waals surface area contributed by atoms with Crippen LogP contribution in [0.2, 0.25) is 0 Å². The second kappa shape index (κ2) is 10.2. The monoisotopic (exact) mass is 415 g/mol. The molecule has 1 aliphatic heterocycles. The normalized spacial score (nSPS) is 17.5. The van der Waals surface area contributed by atoms with Crippen LogP contribution in [0.15, 0.2) is 60.4 Å². The van der Waals surface area contributed by atoms with Gasteiger partial charge in [-0.05, 0) is 36.5 Å². The molecule has 1 aromatic heterocycles. The lowest BCUT2D eigenvalue weighted by Gasteiger charge is -2.21. The molecule has 0 spiro atoms. The zero-order chi connectivity index (χ0) is 22.4. The molecular formula is C26H33N5. The van der Waals surface area contributed by atoms with Crippen molar-refractivity contribution in [2.24, 2.45) is 10.9 Å². The Hall–Kier alpha value is -3.21. The zero-order valence-electron chi connectivity index (χ0n) is 19.3. The predicted molar refractivity (Wildman–Crippen MR) is 133 cm³/mol. The minimum Gasteiger partial charge on any atom is -0.383 e. The van der Waals surface area contributed by atoms with E-state index in [9.17, 15) is 0 Å². The number of aromatic nitrogens is 2. The standard InChI is InChI=1S/C26H33N5/c1-7-20(15-27-4)24-16-28-25(29-26(24)31-13-12-19(3)17-31)23-11-9-10-22(14-23)21(8-2)18-30(5)6/h7-11,14-16,18-19H,2,12-13,17H2,1,3-6H3/b20-7+,21-18+,27-15-. The molecular weight excluding hydrogens is 382 g/mol. The zero-order valence-corrected chi connectivity index (χ0v) is 19.3. The molecule has 3 rings (SSSR count). The molecule has 1 unspecified atom stereocenters. The first kappa shape index (κ1) is 22.5. The fourth-order valence-electron chi connectivity index (χ4n) is 3.88. The third-order valence-corrected chi connectivity index (χ3v) is 5.45. The molecule has 5 nitrogen and oxygen atoms in total. The highest BCUT2D eigenvalue weighted by Crippen LogP contribution is 2.31. The molecule has 0 bridgehead atoms. The van der Waals surface area contributed by atoms with Crippen LogP contribution in [0.3, 0.4) is 0 Å². The van der Waals surface area contributed by atoms with Crippen molar-refractivity contribution in [1.29, 1.82) is 0 Å². The average molecular weight is 416 g/mol. The van der Waals surface area contributed by atoms with Crippen molar-refractivity contribution in [1.82, 2.24) is 14.9 Å². The topological polar surface area (TPSA) is 44.6 Å². The van der Waals surface area contributed by atoms with Gasteiger partial charge >= 0.3 is 0 Å². The van der Waals surface area contributed by atoms with Crippen molar-refractivity contribution in [3.05, 3.63) is 66.5 Å². The van der Waals surface area contributed by atoms with Gasteiger partial charge in [-0.1, -0.05) is 43.9 Å². The van der Waals surface area contributed by atoms with Gasteiger partial charge in [0.15, 0.2) is 5.82 Å². The molecule has 1 fully saturated rings. The van der Waals surface area contributed by atoms with Gasteiger partial charge in [0, 0.05) is 69.5 Å². The largest absolute Gasteiger partial charge is 0.383 e. The maximum Gasteiger partial charge on any atom is 0.161 e. The first-order valence-electron chi connectivity index (χ1n) is 10.8. The third-order valence-electron chi connectivity index (χ3n) is 5.45. The van der Waals surface area contributed by atoms with Gasteiger partial charge in [0.25, 0.3) is 0 Å². The van der Waals surface area contributed by atoms with Crippen LogP contribution < -0.4 is 4.90 Å². The van der Waals surface area contributed by atoms with Crippen LogP contribution in [0.25, 0.3) is 22.5 Å². The Kier molecular flexibility index (Phi) is 7.40. The minimum absolute atomic E-state index is 0.662. The highest BCUT2D eigenvalue weighted by molar-refractivity contribution is 6.11. The number of rotatable bonds is 7. The van der Waals surface area contributed by atoms with Gasteiger partial charge in [-0.2, -0.15) is 0 Å². The highest BCUT2D eigenvalue weighted by atomic mass is 15.2. The van der Waals surface area contributed by atoms with Crippen molar-refractivity contribution in [2.75, 3.05) is 39.1 Å². The summed E-state index contributed by atoms with van der Waals surface area (Å²) in [5, 5.41) is 0. The second-order valence-electron chi connectivity index (χ2n) is 8.24. The molecule has 0 saturated carbocycles. The molecule has 0 amide bonds. The van der Waals surface area contributed by atoms with Crippen molar-refractivity contribution >= 4 is 23.2 Å². The Labute approximate surface area is 186 Å². The highest BCUT2D eigenvalue weighted by Gasteiger charge is 2.24. The van der Waals surface area contributed by atoms with E-state index in [4.69, 9.17) is 9.97 Å². The van der Waals surface area contributed by atoms with Crippen molar-refractivity contribution < 1.29 is 0 Å². The van der Waals surface area contributed by atoms with Crippen molar-refractivity contribution in [3.8, 4) is 11.4 Å². The summed E-state index contributed by atoms with van der Waals surface area (Å²) in [5.41, 5.74) is 5.22. The molecule has 0 N–H and O–H groups in total. The minimum atomic E-state index is 0.662. The number of benzene rings is 1. The summed E-state index contributed by atoms with van der Waals surface area (Å²) in [5.74, 6) is 2.38. The van der Waals surface area contributed by atoms with E-state index in [-0.39, 0.29) is 0 Å².